The fourth-order valence-electron chi connectivity index (χ4n) is 2.59. The van der Waals surface area contributed by atoms with Gasteiger partial charge < -0.3 is 5.73 Å². The normalized spacial score (nSPS) is 10.8. The van der Waals surface area contributed by atoms with Crippen LogP contribution in [0.1, 0.15) is 22.5 Å². The van der Waals surface area contributed by atoms with E-state index in [2.05, 4.69) is 43.2 Å². The van der Waals surface area contributed by atoms with E-state index in [1.54, 1.807) is 0 Å². The standard InChI is InChI=1S/C18H19N3/c1-13-18(12-15-8-10-16(19)11-9-15)14(2)21(20-13)17-6-4-3-5-7-17/h3-11H,12,19H2,1-2H3. The molecule has 2 N–H and O–H groups in total. The summed E-state index contributed by atoms with van der Waals surface area (Å²) >= 11 is 0. The van der Waals surface area contributed by atoms with Crippen molar-refractivity contribution in [1.82, 2.24) is 9.78 Å². The minimum Gasteiger partial charge on any atom is -0.399 e. The van der Waals surface area contributed by atoms with Crippen molar-refractivity contribution < 1.29 is 0 Å². The fraction of sp³-hybridized carbons (Fsp3) is 0.167. The Morgan fingerprint density at radius 2 is 1.62 bits per heavy atom. The lowest BCUT2D eigenvalue weighted by Crippen LogP contribution is -1.99. The Hall–Kier alpha value is -2.55. The molecule has 1 heterocycles. The monoisotopic (exact) mass is 277 g/mol. The van der Waals surface area contributed by atoms with Crippen LogP contribution in [0.5, 0.6) is 0 Å². The van der Waals surface area contributed by atoms with Gasteiger partial charge in [-0.05, 0) is 43.7 Å². The lowest BCUT2D eigenvalue weighted by atomic mass is 10.0. The number of para-hydroxylation sites is 1. The average Bonchev–Trinajstić information content (AvgIpc) is 2.78. The molecule has 21 heavy (non-hydrogen) atoms. The number of rotatable bonds is 3. The van der Waals surface area contributed by atoms with Crippen molar-refractivity contribution in [3.05, 3.63) is 77.1 Å². The predicted molar refractivity (Wildman–Crippen MR) is 86.7 cm³/mol. The smallest absolute Gasteiger partial charge is 0.0648 e. The van der Waals surface area contributed by atoms with Crippen molar-refractivity contribution in [2.24, 2.45) is 0 Å². The Labute approximate surface area is 125 Å². The van der Waals surface area contributed by atoms with Crippen molar-refractivity contribution in [2.75, 3.05) is 5.73 Å². The SMILES string of the molecule is Cc1nn(-c2ccccc2)c(C)c1Cc1ccc(N)cc1. The van der Waals surface area contributed by atoms with Crippen LogP contribution in [-0.4, -0.2) is 9.78 Å². The number of nitrogens with zero attached hydrogens (tertiary/aromatic N) is 2. The summed E-state index contributed by atoms with van der Waals surface area (Å²) in [6.07, 6.45) is 0.880. The summed E-state index contributed by atoms with van der Waals surface area (Å²) in [5, 5.41) is 4.69. The summed E-state index contributed by atoms with van der Waals surface area (Å²) < 4.78 is 2.02. The molecule has 0 saturated heterocycles. The van der Waals surface area contributed by atoms with Crippen LogP contribution >= 0.6 is 0 Å². The Kier molecular flexibility index (Phi) is 3.48. The van der Waals surface area contributed by atoms with E-state index in [1.807, 2.05) is 35.0 Å². The molecule has 0 saturated carbocycles. The Bertz CT molecular complexity index is 740. The molecule has 0 aliphatic heterocycles. The van der Waals surface area contributed by atoms with Gasteiger partial charge in [0.25, 0.3) is 0 Å². The molecule has 0 spiro atoms. The third kappa shape index (κ3) is 2.68. The van der Waals surface area contributed by atoms with Crippen LogP contribution in [0.15, 0.2) is 54.6 Å². The van der Waals surface area contributed by atoms with Crippen LogP contribution in [0.2, 0.25) is 0 Å². The molecule has 0 bridgehead atoms. The van der Waals surface area contributed by atoms with Gasteiger partial charge in [-0.1, -0.05) is 30.3 Å². The van der Waals surface area contributed by atoms with E-state index in [0.29, 0.717) is 0 Å². The molecule has 3 rings (SSSR count). The largest absolute Gasteiger partial charge is 0.399 e. The van der Waals surface area contributed by atoms with Gasteiger partial charge in [0, 0.05) is 23.4 Å². The van der Waals surface area contributed by atoms with E-state index in [0.717, 1.165) is 23.5 Å². The lowest BCUT2D eigenvalue weighted by molar-refractivity contribution is 0.833. The molecule has 3 aromatic rings. The highest BCUT2D eigenvalue weighted by Gasteiger charge is 2.13. The number of hydrogen-bond acceptors (Lipinski definition) is 2. The highest BCUT2D eigenvalue weighted by atomic mass is 15.3. The van der Waals surface area contributed by atoms with Crippen molar-refractivity contribution in [1.29, 1.82) is 0 Å². The number of anilines is 1. The maximum absolute atomic E-state index is 5.74. The van der Waals surface area contributed by atoms with Gasteiger partial charge in [-0.25, -0.2) is 4.68 Å². The summed E-state index contributed by atoms with van der Waals surface area (Å²) in [5.41, 5.74) is 12.4. The summed E-state index contributed by atoms with van der Waals surface area (Å²) in [6, 6.07) is 18.3. The zero-order valence-corrected chi connectivity index (χ0v) is 12.4. The van der Waals surface area contributed by atoms with Gasteiger partial charge in [0.1, 0.15) is 0 Å². The molecule has 0 atom stereocenters. The summed E-state index contributed by atoms with van der Waals surface area (Å²) in [6.45, 7) is 4.19. The molecule has 0 radical (unpaired) electrons. The topological polar surface area (TPSA) is 43.8 Å². The lowest BCUT2D eigenvalue weighted by Gasteiger charge is -2.06. The molecule has 0 aliphatic carbocycles. The predicted octanol–water partition coefficient (Wildman–Crippen LogP) is 3.66. The summed E-state index contributed by atoms with van der Waals surface area (Å²) in [5.74, 6) is 0. The first-order valence-corrected chi connectivity index (χ1v) is 7.10. The zero-order chi connectivity index (χ0) is 14.8. The maximum Gasteiger partial charge on any atom is 0.0648 e. The van der Waals surface area contributed by atoms with Gasteiger partial charge in [-0.3, -0.25) is 0 Å². The maximum atomic E-state index is 5.74. The Balaban J connectivity index is 1.97. The second-order valence-corrected chi connectivity index (χ2v) is 5.32. The number of nitrogens with two attached hydrogens (primary N) is 1. The highest BCUT2D eigenvalue weighted by molar-refractivity contribution is 5.43. The summed E-state index contributed by atoms with van der Waals surface area (Å²) in [4.78, 5) is 0. The number of hydrogen-bond donors (Lipinski definition) is 1. The zero-order valence-electron chi connectivity index (χ0n) is 12.4. The molecule has 0 aliphatic rings. The van der Waals surface area contributed by atoms with E-state index < -0.39 is 0 Å². The molecule has 2 aromatic carbocycles. The van der Waals surface area contributed by atoms with E-state index in [4.69, 9.17) is 5.73 Å². The number of aryl methyl sites for hydroxylation is 1. The van der Waals surface area contributed by atoms with Gasteiger partial charge in [0.15, 0.2) is 0 Å². The third-order valence-corrected chi connectivity index (χ3v) is 3.80. The second kappa shape index (κ2) is 5.44. The molecule has 0 amide bonds. The number of nitrogen functional groups attached to an aromatic ring is 1. The highest BCUT2D eigenvalue weighted by Crippen LogP contribution is 2.21. The average molecular weight is 277 g/mol. The minimum atomic E-state index is 0.798. The first kappa shape index (κ1) is 13.4. The van der Waals surface area contributed by atoms with Crippen molar-refractivity contribution >= 4 is 5.69 Å². The fourth-order valence-corrected chi connectivity index (χ4v) is 2.59. The molecule has 3 nitrogen and oxygen atoms in total. The molecule has 106 valence electrons. The van der Waals surface area contributed by atoms with E-state index in [9.17, 15) is 0 Å². The first-order valence-electron chi connectivity index (χ1n) is 7.10. The van der Waals surface area contributed by atoms with Crippen molar-refractivity contribution in [3.63, 3.8) is 0 Å². The van der Waals surface area contributed by atoms with Crippen LogP contribution in [0.3, 0.4) is 0 Å². The van der Waals surface area contributed by atoms with Crippen LogP contribution in [0.25, 0.3) is 5.69 Å². The minimum absolute atomic E-state index is 0.798. The van der Waals surface area contributed by atoms with E-state index in [1.165, 1.54) is 16.8 Å². The molecular formula is C18H19N3. The van der Waals surface area contributed by atoms with E-state index in [-0.39, 0.29) is 0 Å². The second-order valence-electron chi connectivity index (χ2n) is 5.32. The number of aromatic nitrogens is 2. The van der Waals surface area contributed by atoms with Gasteiger partial charge in [-0.2, -0.15) is 5.10 Å². The van der Waals surface area contributed by atoms with Crippen LogP contribution in [0.4, 0.5) is 5.69 Å². The van der Waals surface area contributed by atoms with Gasteiger partial charge in [-0.15, -0.1) is 0 Å². The molecule has 3 heteroatoms. The third-order valence-electron chi connectivity index (χ3n) is 3.80. The Morgan fingerprint density at radius 1 is 0.952 bits per heavy atom. The van der Waals surface area contributed by atoms with Crippen molar-refractivity contribution in [2.45, 2.75) is 20.3 Å². The van der Waals surface area contributed by atoms with Gasteiger partial charge in [0.2, 0.25) is 0 Å². The quantitative estimate of drug-likeness (QED) is 0.742. The van der Waals surface area contributed by atoms with Gasteiger partial charge in [0.05, 0.1) is 11.4 Å². The van der Waals surface area contributed by atoms with Crippen LogP contribution in [-0.2, 0) is 6.42 Å². The van der Waals surface area contributed by atoms with Gasteiger partial charge >= 0.3 is 0 Å². The molecule has 0 fully saturated rings. The van der Waals surface area contributed by atoms with E-state index >= 15 is 0 Å². The Morgan fingerprint density at radius 3 is 2.29 bits per heavy atom. The first-order chi connectivity index (χ1) is 10.1. The summed E-state index contributed by atoms with van der Waals surface area (Å²) in [7, 11) is 0. The molecule has 1 aromatic heterocycles. The number of benzene rings is 2. The van der Waals surface area contributed by atoms with Crippen LogP contribution < -0.4 is 5.73 Å². The van der Waals surface area contributed by atoms with Crippen molar-refractivity contribution in [3.8, 4) is 5.69 Å². The molecule has 0 unspecified atom stereocenters. The molecular weight excluding hydrogens is 258 g/mol. The van der Waals surface area contributed by atoms with Crippen LogP contribution in [0, 0.1) is 13.8 Å².